The standard InChI is InChI=1S/C15H24O3/c1-9-11(16)6-8-15(4)7-5-10(14(2,3)18)13(17)12(9)15/h10,13,17-18H,5-8H2,1-4H3/t10-,13+,15+/m1/s1. The smallest absolute Gasteiger partial charge is 0.158 e. The zero-order chi connectivity index (χ0) is 13.7. The molecule has 0 aromatic heterocycles. The largest absolute Gasteiger partial charge is 0.390 e. The van der Waals surface area contributed by atoms with E-state index in [1.54, 1.807) is 13.8 Å². The van der Waals surface area contributed by atoms with Gasteiger partial charge in [0.15, 0.2) is 5.78 Å². The van der Waals surface area contributed by atoms with Crippen molar-refractivity contribution < 1.29 is 15.0 Å². The fourth-order valence-corrected chi connectivity index (χ4v) is 3.73. The average molecular weight is 252 g/mol. The van der Waals surface area contributed by atoms with E-state index in [2.05, 4.69) is 6.92 Å². The van der Waals surface area contributed by atoms with Crippen LogP contribution in [0.25, 0.3) is 0 Å². The summed E-state index contributed by atoms with van der Waals surface area (Å²) in [5, 5.41) is 20.8. The lowest BCUT2D eigenvalue weighted by atomic mass is 9.58. The molecular weight excluding hydrogens is 228 g/mol. The highest BCUT2D eigenvalue weighted by Crippen LogP contribution is 2.52. The molecule has 0 spiro atoms. The normalized spacial score (nSPS) is 37.8. The number of carbonyl (C=O) groups is 1. The molecule has 2 aliphatic rings. The summed E-state index contributed by atoms with van der Waals surface area (Å²) in [5.74, 6) is -0.0284. The summed E-state index contributed by atoms with van der Waals surface area (Å²) in [6, 6.07) is 0. The number of ketones is 1. The van der Waals surface area contributed by atoms with Gasteiger partial charge in [0.2, 0.25) is 0 Å². The summed E-state index contributed by atoms with van der Waals surface area (Å²) in [6.45, 7) is 7.45. The van der Waals surface area contributed by atoms with Crippen LogP contribution < -0.4 is 0 Å². The highest BCUT2D eigenvalue weighted by Gasteiger charge is 2.48. The molecule has 1 fully saturated rings. The molecule has 3 heteroatoms. The minimum atomic E-state index is -0.908. The van der Waals surface area contributed by atoms with Crippen LogP contribution >= 0.6 is 0 Å². The zero-order valence-corrected chi connectivity index (χ0v) is 11.8. The maximum atomic E-state index is 11.9. The Labute approximate surface area is 109 Å². The number of carbonyl (C=O) groups excluding carboxylic acids is 1. The third kappa shape index (κ3) is 2.04. The Bertz CT molecular complexity index is 402. The first kappa shape index (κ1) is 13.8. The summed E-state index contributed by atoms with van der Waals surface area (Å²) in [5.41, 5.74) is 0.649. The lowest BCUT2D eigenvalue weighted by molar-refractivity contribution is -0.118. The Hall–Kier alpha value is -0.670. The van der Waals surface area contributed by atoms with E-state index in [1.807, 2.05) is 6.92 Å². The first-order valence-corrected chi connectivity index (χ1v) is 6.82. The van der Waals surface area contributed by atoms with Crippen molar-refractivity contribution in [1.82, 2.24) is 0 Å². The second kappa shape index (κ2) is 4.17. The molecule has 0 aliphatic heterocycles. The van der Waals surface area contributed by atoms with Gasteiger partial charge in [0, 0.05) is 12.3 Å². The SMILES string of the molecule is CC1=C2[C@@H](O)[C@H](C(C)(C)O)CC[C@@]2(C)CCC1=O. The van der Waals surface area contributed by atoms with Gasteiger partial charge in [-0.25, -0.2) is 0 Å². The van der Waals surface area contributed by atoms with E-state index in [0.717, 1.165) is 30.4 Å². The zero-order valence-electron chi connectivity index (χ0n) is 11.8. The van der Waals surface area contributed by atoms with E-state index in [-0.39, 0.29) is 17.1 Å². The van der Waals surface area contributed by atoms with Crippen molar-refractivity contribution in [1.29, 1.82) is 0 Å². The van der Waals surface area contributed by atoms with Crippen LogP contribution in [0.5, 0.6) is 0 Å². The lowest BCUT2D eigenvalue weighted by Gasteiger charge is -2.49. The van der Waals surface area contributed by atoms with Gasteiger partial charge in [0.25, 0.3) is 0 Å². The molecule has 0 radical (unpaired) electrons. The van der Waals surface area contributed by atoms with Crippen molar-refractivity contribution in [3.05, 3.63) is 11.1 Å². The molecule has 0 saturated heterocycles. The van der Waals surface area contributed by atoms with Crippen LogP contribution in [0.2, 0.25) is 0 Å². The summed E-state index contributed by atoms with van der Waals surface area (Å²) in [4.78, 5) is 11.9. The highest BCUT2D eigenvalue weighted by atomic mass is 16.3. The predicted molar refractivity (Wildman–Crippen MR) is 70.1 cm³/mol. The van der Waals surface area contributed by atoms with Gasteiger partial charge in [-0.1, -0.05) is 6.92 Å². The minimum absolute atomic E-state index is 0.0564. The molecular formula is C15H24O3. The fourth-order valence-electron chi connectivity index (χ4n) is 3.73. The first-order valence-electron chi connectivity index (χ1n) is 6.82. The Morgan fingerprint density at radius 1 is 1.33 bits per heavy atom. The molecule has 1 saturated carbocycles. The Morgan fingerprint density at radius 3 is 2.50 bits per heavy atom. The molecule has 0 heterocycles. The fraction of sp³-hybridized carbons (Fsp3) is 0.800. The van der Waals surface area contributed by atoms with Gasteiger partial charge >= 0.3 is 0 Å². The van der Waals surface area contributed by atoms with Gasteiger partial charge in [-0.3, -0.25) is 4.79 Å². The number of hydrogen-bond donors (Lipinski definition) is 2. The van der Waals surface area contributed by atoms with E-state index < -0.39 is 11.7 Å². The van der Waals surface area contributed by atoms with Crippen molar-refractivity contribution in [2.75, 3.05) is 0 Å². The molecule has 3 atom stereocenters. The number of allylic oxidation sites excluding steroid dienone is 1. The molecule has 3 nitrogen and oxygen atoms in total. The van der Waals surface area contributed by atoms with Crippen LogP contribution in [0.1, 0.15) is 53.4 Å². The van der Waals surface area contributed by atoms with Crippen molar-refractivity contribution in [3.8, 4) is 0 Å². The van der Waals surface area contributed by atoms with Crippen molar-refractivity contribution in [2.24, 2.45) is 11.3 Å². The molecule has 0 aromatic rings. The topological polar surface area (TPSA) is 57.5 Å². The monoisotopic (exact) mass is 252 g/mol. The van der Waals surface area contributed by atoms with E-state index in [1.165, 1.54) is 0 Å². The Balaban J connectivity index is 2.44. The molecule has 2 aliphatic carbocycles. The lowest BCUT2D eigenvalue weighted by Crippen LogP contribution is -2.49. The van der Waals surface area contributed by atoms with Gasteiger partial charge < -0.3 is 10.2 Å². The summed E-state index contributed by atoms with van der Waals surface area (Å²) in [6.07, 6.45) is 2.48. The van der Waals surface area contributed by atoms with Crippen molar-refractivity contribution in [2.45, 2.75) is 65.1 Å². The van der Waals surface area contributed by atoms with E-state index in [4.69, 9.17) is 0 Å². The molecule has 0 amide bonds. The minimum Gasteiger partial charge on any atom is -0.390 e. The summed E-state index contributed by atoms with van der Waals surface area (Å²) in [7, 11) is 0. The van der Waals surface area contributed by atoms with Gasteiger partial charge in [-0.2, -0.15) is 0 Å². The molecule has 2 N–H and O–H groups in total. The number of hydrogen-bond acceptors (Lipinski definition) is 3. The Kier molecular flexibility index (Phi) is 3.19. The predicted octanol–water partition coefficient (Wildman–Crippen LogP) is 2.21. The van der Waals surface area contributed by atoms with E-state index in [9.17, 15) is 15.0 Å². The summed E-state index contributed by atoms with van der Waals surface area (Å²) >= 11 is 0. The van der Waals surface area contributed by atoms with Gasteiger partial charge in [-0.15, -0.1) is 0 Å². The number of rotatable bonds is 1. The molecule has 102 valence electrons. The van der Waals surface area contributed by atoms with Crippen LogP contribution in [0.15, 0.2) is 11.1 Å². The number of aliphatic hydroxyl groups excluding tert-OH is 1. The Morgan fingerprint density at radius 2 is 1.94 bits per heavy atom. The summed E-state index contributed by atoms with van der Waals surface area (Å²) < 4.78 is 0. The van der Waals surface area contributed by atoms with Crippen LogP contribution in [-0.2, 0) is 4.79 Å². The molecule has 0 bridgehead atoms. The van der Waals surface area contributed by atoms with Gasteiger partial charge in [0.1, 0.15) is 0 Å². The number of fused-ring (bicyclic) bond motifs is 1. The quantitative estimate of drug-likeness (QED) is 0.752. The van der Waals surface area contributed by atoms with Crippen LogP contribution in [0.3, 0.4) is 0 Å². The van der Waals surface area contributed by atoms with Crippen molar-refractivity contribution >= 4 is 5.78 Å². The second-order valence-corrected chi connectivity index (χ2v) is 6.77. The molecule has 2 rings (SSSR count). The number of aliphatic hydroxyl groups is 2. The third-order valence-electron chi connectivity index (χ3n) is 4.97. The van der Waals surface area contributed by atoms with Crippen molar-refractivity contribution in [3.63, 3.8) is 0 Å². The number of Topliss-reactive ketones (excluding diaryl/α,β-unsaturated/α-hetero) is 1. The highest BCUT2D eigenvalue weighted by molar-refractivity contribution is 5.97. The molecule has 0 aromatic carbocycles. The molecule has 0 unspecified atom stereocenters. The second-order valence-electron chi connectivity index (χ2n) is 6.77. The van der Waals surface area contributed by atoms with Gasteiger partial charge in [0.05, 0.1) is 11.7 Å². The maximum Gasteiger partial charge on any atom is 0.158 e. The third-order valence-corrected chi connectivity index (χ3v) is 4.97. The van der Waals surface area contributed by atoms with E-state index in [0.29, 0.717) is 6.42 Å². The van der Waals surface area contributed by atoms with Crippen LogP contribution in [0.4, 0.5) is 0 Å². The average Bonchev–Trinajstić information content (AvgIpc) is 2.22. The molecule has 18 heavy (non-hydrogen) atoms. The maximum absolute atomic E-state index is 11.9. The van der Waals surface area contributed by atoms with Gasteiger partial charge in [-0.05, 0) is 56.6 Å². The first-order chi connectivity index (χ1) is 8.17. The van der Waals surface area contributed by atoms with E-state index >= 15 is 0 Å². The van der Waals surface area contributed by atoms with Crippen LogP contribution in [-0.4, -0.2) is 27.7 Å². The van der Waals surface area contributed by atoms with Crippen LogP contribution in [0, 0.1) is 11.3 Å².